The smallest absolute Gasteiger partial charge is 0.251 e. The van der Waals surface area contributed by atoms with Gasteiger partial charge in [-0.05, 0) is 44.0 Å². The highest BCUT2D eigenvalue weighted by atomic mass is 127. The monoisotopic (exact) mass is 546 g/mol. The highest BCUT2D eigenvalue weighted by Gasteiger charge is 2.30. The average molecular weight is 546 g/mol. The van der Waals surface area contributed by atoms with E-state index in [4.69, 9.17) is 19.2 Å². The Bertz CT molecular complexity index is 687. The summed E-state index contributed by atoms with van der Waals surface area (Å²) in [5.41, 5.74) is 0. The fraction of sp³-hybridized carbons (Fsp3) is 0.636. The number of amides is 1. The van der Waals surface area contributed by atoms with Crippen LogP contribution in [0.2, 0.25) is 0 Å². The highest BCUT2D eigenvalue weighted by Crippen LogP contribution is 2.17. The number of carbonyl (C=O) groups excluding carboxylic acids is 1. The van der Waals surface area contributed by atoms with Crippen LogP contribution in [0.4, 0.5) is 0 Å². The summed E-state index contributed by atoms with van der Waals surface area (Å²) in [5.74, 6) is 2.70. The molecule has 2 aliphatic rings. The zero-order valence-corrected chi connectivity index (χ0v) is 20.9. The summed E-state index contributed by atoms with van der Waals surface area (Å²) < 4.78 is 16.5. The largest absolute Gasteiger partial charge is 0.497 e. The van der Waals surface area contributed by atoms with Gasteiger partial charge in [-0.1, -0.05) is 0 Å². The lowest BCUT2D eigenvalue weighted by Crippen LogP contribution is -2.55. The molecule has 2 heterocycles. The van der Waals surface area contributed by atoms with Crippen molar-refractivity contribution in [3.8, 4) is 11.5 Å². The molecule has 0 bridgehead atoms. The topological polar surface area (TPSA) is 75.6 Å². The summed E-state index contributed by atoms with van der Waals surface area (Å²) in [6.45, 7) is 7.88. The van der Waals surface area contributed by atoms with Crippen molar-refractivity contribution in [3.63, 3.8) is 0 Å². The zero-order valence-electron chi connectivity index (χ0n) is 18.5. The molecule has 0 saturated carbocycles. The summed E-state index contributed by atoms with van der Waals surface area (Å²) in [4.78, 5) is 21.4. The predicted molar refractivity (Wildman–Crippen MR) is 132 cm³/mol. The molecule has 0 aliphatic carbocycles. The number of ether oxygens (including phenoxy) is 3. The third-order valence-corrected chi connectivity index (χ3v) is 5.32. The average Bonchev–Trinajstić information content (AvgIpc) is 3.33. The Hall–Kier alpha value is -1.75. The molecule has 0 aromatic heterocycles. The van der Waals surface area contributed by atoms with E-state index in [1.54, 1.807) is 7.11 Å². The summed E-state index contributed by atoms with van der Waals surface area (Å²) in [5, 5.41) is 3.37. The lowest BCUT2D eigenvalue weighted by molar-refractivity contribution is -0.142. The van der Waals surface area contributed by atoms with Crippen LogP contribution in [0.25, 0.3) is 0 Å². The fourth-order valence-corrected chi connectivity index (χ4v) is 3.65. The van der Waals surface area contributed by atoms with Crippen LogP contribution in [0.15, 0.2) is 29.3 Å². The number of aliphatic imine (C=N–C) groups is 1. The Morgan fingerprint density at radius 3 is 2.45 bits per heavy atom. The van der Waals surface area contributed by atoms with E-state index in [9.17, 15) is 4.79 Å². The molecule has 1 N–H and O–H groups in total. The first kappa shape index (κ1) is 25.5. The second-order valence-corrected chi connectivity index (χ2v) is 7.43. The van der Waals surface area contributed by atoms with Gasteiger partial charge >= 0.3 is 0 Å². The maximum atomic E-state index is 12.5. The van der Waals surface area contributed by atoms with Crippen LogP contribution in [0, 0.1) is 0 Å². The number of halogens is 1. The number of methoxy groups -OCH3 is 1. The third kappa shape index (κ3) is 7.71. The van der Waals surface area contributed by atoms with Gasteiger partial charge in [-0.2, -0.15) is 0 Å². The number of nitrogens with one attached hydrogen (secondary N) is 1. The Kier molecular flexibility index (Phi) is 11.2. The van der Waals surface area contributed by atoms with Gasteiger partial charge in [0.25, 0.3) is 5.91 Å². The third-order valence-electron chi connectivity index (χ3n) is 5.32. The number of hydrogen-bond donors (Lipinski definition) is 1. The lowest BCUT2D eigenvalue weighted by Gasteiger charge is -2.37. The van der Waals surface area contributed by atoms with Crippen molar-refractivity contribution in [1.82, 2.24) is 15.1 Å². The second kappa shape index (κ2) is 13.6. The number of benzene rings is 1. The molecule has 31 heavy (non-hydrogen) atoms. The lowest BCUT2D eigenvalue weighted by atomic mass is 10.2. The molecule has 8 nitrogen and oxygen atoms in total. The molecule has 1 amide bonds. The van der Waals surface area contributed by atoms with E-state index >= 15 is 0 Å². The number of piperazine rings is 1. The molecule has 1 unspecified atom stereocenters. The molecular weight excluding hydrogens is 511 g/mol. The van der Waals surface area contributed by atoms with Crippen molar-refractivity contribution in [2.75, 3.05) is 59.6 Å². The van der Waals surface area contributed by atoms with Crippen LogP contribution in [0.5, 0.6) is 11.5 Å². The first-order chi connectivity index (χ1) is 14.7. The molecule has 0 radical (unpaired) electrons. The van der Waals surface area contributed by atoms with Gasteiger partial charge in [0.15, 0.2) is 5.96 Å². The molecule has 2 fully saturated rings. The molecule has 2 saturated heterocycles. The van der Waals surface area contributed by atoms with Crippen LogP contribution >= 0.6 is 24.0 Å². The van der Waals surface area contributed by atoms with E-state index in [0.717, 1.165) is 56.4 Å². The molecule has 2 aliphatic heterocycles. The molecular formula is C22H35IN4O4. The number of guanidine groups is 1. The standard InChI is InChI=1S/C22H34N4O4.HI/c1-3-23-22(24-11-5-17-29-19-9-7-18(28-2)8-10-19)26-14-12-25(13-15-26)21(27)20-6-4-16-30-20;/h7-10,20H,3-6,11-17H2,1-2H3,(H,23,24);1H. The van der Waals surface area contributed by atoms with E-state index in [-0.39, 0.29) is 36.0 Å². The normalized spacial score (nSPS) is 19.0. The molecule has 3 rings (SSSR count). The van der Waals surface area contributed by atoms with Gasteiger partial charge in [-0.25, -0.2) is 0 Å². The molecule has 0 spiro atoms. The minimum atomic E-state index is -0.232. The number of nitrogens with zero attached hydrogens (tertiary/aromatic N) is 3. The summed E-state index contributed by atoms with van der Waals surface area (Å²) in [7, 11) is 1.65. The van der Waals surface area contributed by atoms with Crippen molar-refractivity contribution in [2.45, 2.75) is 32.3 Å². The SMILES string of the molecule is CCNC(=NCCCOc1ccc(OC)cc1)N1CCN(C(=O)C2CCCO2)CC1.I. The Labute approximate surface area is 202 Å². The minimum absolute atomic E-state index is 0. The molecule has 1 aromatic carbocycles. The fourth-order valence-electron chi connectivity index (χ4n) is 3.65. The molecule has 174 valence electrons. The van der Waals surface area contributed by atoms with Gasteiger partial charge in [0.2, 0.25) is 0 Å². The van der Waals surface area contributed by atoms with Crippen molar-refractivity contribution in [1.29, 1.82) is 0 Å². The molecule has 1 aromatic rings. The van der Waals surface area contributed by atoms with Gasteiger partial charge in [0.05, 0.1) is 13.7 Å². The van der Waals surface area contributed by atoms with Crippen LogP contribution in [0.1, 0.15) is 26.2 Å². The Morgan fingerprint density at radius 1 is 1.16 bits per heavy atom. The zero-order chi connectivity index (χ0) is 21.2. The number of carbonyl (C=O) groups is 1. The van der Waals surface area contributed by atoms with Crippen LogP contribution in [0.3, 0.4) is 0 Å². The Morgan fingerprint density at radius 2 is 1.84 bits per heavy atom. The van der Waals surface area contributed by atoms with Crippen molar-refractivity contribution in [2.24, 2.45) is 4.99 Å². The van der Waals surface area contributed by atoms with E-state index in [1.165, 1.54) is 0 Å². The van der Waals surface area contributed by atoms with E-state index in [0.29, 0.717) is 32.8 Å². The van der Waals surface area contributed by atoms with Gasteiger partial charge in [-0.15, -0.1) is 24.0 Å². The highest BCUT2D eigenvalue weighted by molar-refractivity contribution is 14.0. The van der Waals surface area contributed by atoms with E-state index in [2.05, 4.69) is 17.1 Å². The summed E-state index contributed by atoms with van der Waals surface area (Å²) >= 11 is 0. The van der Waals surface area contributed by atoms with Gasteiger partial charge in [0.1, 0.15) is 17.6 Å². The van der Waals surface area contributed by atoms with Gasteiger partial charge in [0, 0.05) is 52.3 Å². The summed E-state index contributed by atoms with van der Waals surface area (Å²) in [6, 6.07) is 7.59. The molecule has 9 heteroatoms. The van der Waals surface area contributed by atoms with Crippen molar-refractivity contribution >= 4 is 35.8 Å². The van der Waals surface area contributed by atoms with Crippen LogP contribution in [-0.2, 0) is 9.53 Å². The van der Waals surface area contributed by atoms with Crippen LogP contribution in [-0.4, -0.2) is 87.4 Å². The second-order valence-electron chi connectivity index (χ2n) is 7.43. The maximum absolute atomic E-state index is 12.5. The van der Waals surface area contributed by atoms with Crippen molar-refractivity contribution in [3.05, 3.63) is 24.3 Å². The Balaban J connectivity index is 0.00000341. The van der Waals surface area contributed by atoms with Crippen molar-refractivity contribution < 1.29 is 19.0 Å². The predicted octanol–water partition coefficient (Wildman–Crippen LogP) is 2.37. The minimum Gasteiger partial charge on any atom is -0.497 e. The first-order valence-electron chi connectivity index (χ1n) is 10.9. The van der Waals surface area contributed by atoms with Crippen LogP contribution < -0.4 is 14.8 Å². The van der Waals surface area contributed by atoms with E-state index in [1.807, 2.05) is 29.2 Å². The van der Waals surface area contributed by atoms with E-state index < -0.39 is 0 Å². The quantitative estimate of drug-likeness (QED) is 0.234. The molecule has 1 atom stereocenters. The summed E-state index contributed by atoms with van der Waals surface area (Å²) in [6.07, 6.45) is 2.43. The van der Waals surface area contributed by atoms with Gasteiger partial charge in [-0.3, -0.25) is 9.79 Å². The number of rotatable bonds is 8. The first-order valence-corrected chi connectivity index (χ1v) is 10.9. The maximum Gasteiger partial charge on any atom is 0.251 e. The number of hydrogen-bond acceptors (Lipinski definition) is 5. The van der Waals surface area contributed by atoms with Gasteiger partial charge < -0.3 is 29.3 Å².